The maximum Gasteiger partial charge on any atom is 0.250 e. The average molecular weight is 362 g/mol. The van der Waals surface area contributed by atoms with Gasteiger partial charge >= 0.3 is 0 Å². The Kier molecular flexibility index (Phi) is 4.58. The topological polar surface area (TPSA) is 72.2 Å². The molecule has 1 aromatic carbocycles. The number of nitrogens with zero attached hydrogens (tertiary/aromatic N) is 1. The van der Waals surface area contributed by atoms with Gasteiger partial charge < -0.3 is 4.52 Å². The van der Waals surface area contributed by atoms with Crippen LogP contribution in [0.2, 0.25) is 0 Å². The molecule has 3 aromatic rings. The van der Waals surface area contributed by atoms with Gasteiger partial charge in [0.25, 0.3) is 0 Å². The molecule has 24 heavy (non-hydrogen) atoms. The highest BCUT2D eigenvalue weighted by Crippen LogP contribution is 2.31. The highest BCUT2D eigenvalue weighted by molar-refractivity contribution is 7.91. The molecule has 0 aliphatic rings. The first-order chi connectivity index (χ1) is 11.3. The summed E-state index contributed by atoms with van der Waals surface area (Å²) in [5.74, 6) is 0.577. The molecular weight excluding hydrogens is 344 g/mol. The predicted octanol–water partition coefficient (Wildman–Crippen LogP) is 3.81. The first kappa shape index (κ1) is 16.9. The molecule has 5 nitrogen and oxygen atoms in total. The maximum atomic E-state index is 12.5. The third-order valence-corrected chi connectivity index (χ3v) is 6.67. The zero-order valence-electron chi connectivity index (χ0n) is 13.7. The first-order valence-electron chi connectivity index (χ1n) is 7.44. The van der Waals surface area contributed by atoms with Gasteiger partial charge in [-0.25, -0.2) is 13.1 Å². The Bertz CT molecular complexity index is 971. The lowest BCUT2D eigenvalue weighted by Gasteiger charge is -2.08. The summed E-state index contributed by atoms with van der Waals surface area (Å²) in [4.78, 5) is 0.739. The van der Waals surface area contributed by atoms with Gasteiger partial charge in [0.1, 0.15) is 4.21 Å². The van der Waals surface area contributed by atoms with Crippen molar-refractivity contribution >= 4 is 21.4 Å². The molecule has 0 saturated carbocycles. The molecule has 0 spiro atoms. The van der Waals surface area contributed by atoms with Crippen LogP contribution in [0.5, 0.6) is 0 Å². The summed E-state index contributed by atoms with van der Waals surface area (Å²) in [5, 5.41) is 3.82. The lowest BCUT2D eigenvalue weighted by molar-refractivity contribution is 0.428. The number of rotatable bonds is 5. The van der Waals surface area contributed by atoms with Gasteiger partial charge in [0.2, 0.25) is 10.0 Å². The molecule has 0 unspecified atom stereocenters. The minimum atomic E-state index is -3.56. The molecule has 0 aliphatic heterocycles. The largest absolute Gasteiger partial charge is 0.355 e. The predicted molar refractivity (Wildman–Crippen MR) is 94.5 cm³/mol. The lowest BCUT2D eigenvalue weighted by atomic mass is 10.1. The molecule has 0 saturated heterocycles. The van der Waals surface area contributed by atoms with E-state index in [1.54, 1.807) is 18.2 Å². The quantitative estimate of drug-likeness (QED) is 0.749. The Morgan fingerprint density at radius 2 is 1.92 bits per heavy atom. The zero-order chi connectivity index (χ0) is 17.3. The zero-order valence-corrected chi connectivity index (χ0v) is 15.3. The van der Waals surface area contributed by atoms with E-state index in [0.29, 0.717) is 5.76 Å². The Hall–Kier alpha value is -1.96. The first-order valence-corrected chi connectivity index (χ1v) is 9.74. The highest BCUT2D eigenvalue weighted by Gasteiger charge is 2.18. The molecule has 1 N–H and O–H groups in total. The van der Waals surface area contributed by atoms with Crippen LogP contribution in [-0.2, 0) is 16.6 Å². The second-order valence-electron chi connectivity index (χ2n) is 5.71. The van der Waals surface area contributed by atoms with Gasteiger partial charge in [-0.05, 0) is 44.0 Å². The Morgan fingerprint density at radius 1 is 1.12 bits per heavy atom. The number of aryl methyl sites for hydroxylation is 3. The van der Waals surface area contributed by atoms with E-state index in [1.807, 2.05) is 39.0 Å². The summed E-state index contributed by atoms with van der Waals surface area (Å²) in [6.45, 7) is 6.05. The fraction of sp³-hybridized carbons (Fsp3) is 0.235. The van der Waals surface area contributed by atoms with Crippen LogP contribution < -0.4 is 4.72 Å². The molecule has 0 amide bonds. The van der Waals surface area contributed by atoms with E-state index in [1.165, 1.54) is 0 Å². The smallest absolute Gasteiger partial charge is 0.250 e. The van der Waals surface area contributed by atoms with E-state index in [0.717, 1.165) is 38.6 Å². The van der Waals surface area contributed by atoms with Gasteiger partial charge in [-0.3, -0.25) is 0 Å². The molecule has 0 atom stereocenters. The van der Waals surface area contributed by atoms with Crippen molar-refractivity contribution in [3.05, 3.63) is 58.8 Å². The second-order valence-corrected chi connectivity index (χ2v) is 8.78. The van der Waals surface area contributed by atoms with E-state index < -0.39 is 10.0 Å². The molecular formula is C17H18N2O3S2. The third kappa shape index (κ3) is 3.58. The van der Waals surface area contributed by atoms with Crippen LogP contribution in [0.15, 0.2) is 45.1 Å². The van der Waals surface area contributed by atoms with Crippen LogP contribution in [0.4, 0.5) is 0 Å². The van der Waals surface area contributed by atoms with Crippen molar-refractivity contribution in [1.29, 1.82) is 0 Å². The van der Waals surface area contributed by atoms with Crippen molar-refractivity contribution in [2.75, 3.05) is 0 Å². The molecule has 0 aliphatic carbocycles. The molecule has 0 bridgehead atoms. The molecule has 3 rings (SSSR count). The van der Waals surface area contributed by atoms with Crippen LogP contribution in [0.25, 0.3) is 10.6 Å². The standard InChI is InChI=1S/C17H18N2O3S2/c1-11-4-5-12(2)14(8-11)10-18-24(20,21)17-7-6-16(23-17)15-9-13(3)19-22-15/h4-9,18H,10H2,1-3H3. The summed E-state index contributed by atoms with van der Waals surface area (Å²) in [6, 6.07) is 11.1. The van der Waals surface area contributed by atoms with Crippen LogP contribution in [0, 0.1) is 20.8 Å². The van der Waals surface area contributed by atoms with Gasteiger partial charge in [-0.2, -0.15) is 0 Å². The second kappa shape index (κ2) is 6.51. The van der Waals surface area contributed by atoms with Crippen molar-refractivity contribution < 1.29 is 12.9 Å². The number of benzene rings is 1. The molecule has 7 heteroatoms. The van der Waals surface area contributed by atoms with E-state index in [4.69, 9.17) is 4.52 Å². The highest BCUT2D eigenvalue weighted by atomic mass is 32.2. The van der Waals surface area contributed by atoms with Crippen molar-refractivity contribution in [1.82, 2.24) is 9.88 Å². The minimum Gasteiger partial charge on any atom is -0.355 e. The van der Waals surface area contributed by atoms with Crippen molar-refractivity contribution in [2.45, 2.75) is 31.5 Å². The van der Waals surface area contributed by atoms with E-state index in [-0.39, 0.29) is 10.8 Å². The van der Waals surface area contributed by atoms with Crippen LogP contribution in [0.1, 0.15) is 22.4 Å². The van der Waals surface area contributed by atoms with Crippen molar-refractivity contribution in [2.24, 2.45) is 0 Å². The van der Waals surface area contributed by atoms with Gasteiger partial charge in [0, 0.05) is 12.6 Å². The normalized spacial score (nSPS) is 11.8. The van der Waals surface area contributed by atoms with Gasteiger partial charge in [-0.1, -0.05) is 28.9 Å². The number of aromatic nitrogens is 1. The molecule has 126 valence electrons. The monoisotopic (exact) mass is 362 g/mol. The average Bonchev–Trinajstić information content (AvgIpc) is 3.17. The number of nitrogens with one attached hydrogen (secondary N) is 1. The summed E-state index contributed by atoms with van der Waals surface area (Å²) >= 11 is 1.16. The minimum absolute atomic E-state index is 0.261. The Balaban J connectivity index is 1.78. The van der Waals surface area contributed by atoms with Gasteiger partial charge in [0.15, 0.2) is 5.76 Å². The lowest BCUT2D eigenvalue weighted by Crippen LogP contribution is -2.22. The number of thiophene rings is 1. The Morgan fingerprint density at radius 3 is 2.62 bits per heavy atom. The van der Waals surface area contributed by atoms with Crippen molar-refractivity contribution in [3.8, 4) is 10.6 Å². The molecule has 2 heterocycles. The fourth-order valence-electron chi connectivity index (χ4n) is 2.31. The third-order valence-electron chi connectivity index (χ3n) is 3.67. The van der Waals surface area contributed by atoms with Gasteiger partial charge in [0.05, 0.1) is 10.6 Å². The summed E-state index contributed by atoms with van der Waals surface area (Å²) in [6.07, 6.45) is 0. The Labute approximate surface area is 145 Å². The van der Waals surface area contributed by atoms with Crippen LogP contribution in [0.3, 0.4) is 0 Å². The van der Waals surface area contributed by atoms with Crippen LogP contribution >= 0.6 is 11.3 Å². The number of sulfonamides is 1. The van der Waals surface area contributed by atoms with Crippen LogP contribution in [-0.4, -0.2) is 13.6 Å². The van der Waals surface area contributed by atoms with Gasteiger partial charge in [-0.15, -0.1) is 11.3 Å². The number of hydrogen-bond acceptors (Lipinski definition) is 5. The van der Waals surface area contributed by atoms with Crippen molar-refractivity contribution in [3.63, 3.8) is 0 Å². The number of hydrogen-bond donors (Lipinski definition) is 1. The SMILES string of the molecule is Cc1ccc(C)c(CNS(=O)(=O)c2ccc(-c3cc(C)no3)s2)c1. The maximum absolute atomic E-state index is 12.5. The summed E-state index contributed by atoms with van der Waals surface area (Å²) in [5.41, 5.74) is 3.90. The summed E-state index contributed by atoms with van der Waals surface area (Å²) < 4.78 is 33.1. The fourth-order valence-corrected chi connectivity index (χ4v) is 4.62. The van der Waals surface area contributed by atoms with E-state index >= 15 is 0 Å². The molecule has 2 aromatic heterocycles. The van der Waals surface area contributed by atoms with E-state index in [2.05, 4.69) is 9.88 Å². The van der Waals surface area contributed by atoms with E-state index in [9.17, 15) is 8.42 Å². The summed E-state index contributed by atoms with van der Waals surface area (Å²) in [7, 11) is -3.56. The molecule has 0 radical (unpaired) electrons. The molecule has 0 fully saturated rings.